The standard InChI is InChI=1S/C11H14N2O4.C2H6/c1-11(2,3)17-10(16)13-8-7(9(14)15)5-4-6-12-8;1-2/h4-6H,1-3H3,(H,14,15)(H,12,13,16);1-2H3. The fourth-order valence-corrected chi connectivity index (χ4v) is 1.08. The van der Waals surface area contributed by atoms with Crippen LogP contribution in [0.5, 0.6) is 0 Å². The van der Waals surface area contributed by atoms with Crippen molar-refractivity contribution in [3.63, 3.8) is 0 Å². The first-order chi connectivity index (χ1) is 8.79. The lowest BCUT2D eigenvalue weighted by Gasteiger charge is -2.19. The van der Waals surface area contributed by atoms with Crippen LogP contribution in [0.3, 0.4) is 0 Å². The molecule has 2 N–H and O–H groups in total. The average molecular weight is 268 g/mol. The molecular formula is C13H20N2O4. The van der Waals surface area contributed by atoms with E-state index in [0.29, 0.717) is 0 Å². The highest BCUT2D eigenvalue weighted by atomic mass is 16.6. The van der Waals surface area contributed by atoms with Crippen molar-refractivity contribution < 1.29 is 19.4 Å². The monoisotopic (exact) mass is 268 g/mol. The molecule has 1 aromatic heterocycles. The Balaban J connectivity index is 0.00000154. The number of ether oxygens (including phenoxy) is 1. The summed E-state index contributed by atoms with van der Waals surface area (Å²) in [6.07, 6.45) is 0.651. The first-order valence-electron chi connectivity index (χ1n) is 5.98. The largest absolute Gasteiger partial charge is 0.478 e. The number of aromatic nitrogens is 1. The quantitative estimate of drug-likeness (QED) is 0.860. The number of pyridine rings is 1. The number of aromatic carboxylic acids is 1. The minimum atomic E-state index is -1.16. The molecule has 6 nitrogen and oxygen atoms in total. The SMILES string of the molecule is CC.CC(C)(C)OC(=O)Nc1ncccc1C(=O)O. The summed E-state index contributed by atoms with van der Waals surface area (Å²) in [5.74, 6) is -1.20. The molecule has 6 heteroatoms. The maximum absolute atomic E-state index is 11.4. The third kappa shape index (κ3) is 6.40. The molecular weight excluding hydrogens is 248 g/mol. The summed E-state index contributed by atoms with van der Waals surface area (Å²) >= 11 is 0. The summed E-state index contributed by atoms with van der Waals surface area (Å²) in [5, 5.41) is 11.2. The Morgan fingerprint density at radius 3 is 2.37 bits per heavy atom. The summed E-state index contributed by atoms with van der Waals surface area (Å²) < 4.78 is 4.99. The highest BCUT2D eigenvalue weighted by Crippen LogP contribution is 2.13. The second-order valence-electron chi connectivity index (χ2n) is 4.33. The number of amides is 1. The maximum Gasteiger partial charge on any atom is 0.413 e. The zero-order valence-corrected chi connectivity index (χ0v) is 11.9. The molecule has 19 heavy (non-hydrogen) atoms. The van der Waals surface area contributed by atoms with Gasteiger partial charge >= 0.3 is 12.1 Å². The van der Waals surface area contributed by atoms with Crippen LogP contribution in [0.15, 0.2) is 18.3 Å². The number of hydrogen-bond acceptors (Lipinski definition) is 4. The molecule has 0 bridgehead atoms. The Morgan fingerprint density at radius 1 is 1.32 bits per heavy atom. The Morgan fingerprint density at radius 2 is 1.89 bits per heavy atom. The normalized spacial score (nSPS) is 9.95. The number of carbonyl (C=O) groups is 2. The Kier molecular flexibility index (Phi) is 6.54. The van der Waals surface area contributed by atoms with Gasteiger partial charge in [0.25, 0.3) is 0 Å². The Labute approximate surface area is 112 Å². The van der Waals surface area contributed by atoms with Gasteiger partial charge in [-0.3, -0.25) is 5.32 Å². The van der Waals surface area contributed by atoms with Gasteiger partial charge in [-0.05, 0) is 32.9 Å². The van der Waals surface area contributed by atoms with Gasteiger partial charge in [-0.25, -0.2) is 14.6 Å². The van der Waals surface area contributed by atoms with Crippen LogP contribution in [0.2, 0.25) is 0 Å². The zero-order valence-electron chi connectivity index (χ0n) is 11.9. The van der Waals surface area contributed by atoms with E-state index < -0.39 is 17.7 Å². The zero-order chi connectivity index (χ0) is 15.1. The number of anilines is 1. The molecule has 0 aliphatic heterocycles. The molecule has 0 unspecified atom stereocenters. The van der Waals surface area contributed by atoms with E-state index in [1.54, 1.807) is 20.8 Å². The van der Waals surface area contributed by atoms with Crippen molar-refractivity contribution in [3.8, 4) is 0 Å². The highest BCUT2D eigenvalue weighted by Gasteiger charge is 2.19. The van der Waals surface area contributed by atoms with Crippen molar-refractivity contribution in [3.05, 3.63) is 23.9 Å². The molecule has 1 heterocycles. The second-order valence-corrected chi connectivity index (χ2v) is 4.33. The van der Waals surface area contributed by atoms with Gasteiger partial charge in [0, 0.05) is 6.20 Å². The van der Waals surface area contributed by atoms with E-state index in [1.807, 2.05) is 13.8 Å². The molecule has 0 radical (unpaired) electrons. The van der Waals surface area contributed by atoms with Crippen LogP contribution in [0, 0.1) is 0 Å². The van der Waals surface area contributed by atoms with Crippen LogP contribution in [0.1, 0.15) is 45.0 Å². The van der Waals surface area contributed by atoms with E-state index in [2.05, 4.69) is 10.3 Å². The first kappa shape index (κ1) is 16.9. The molecule has 0 fully saturated rings. The fourth-order valence-electron chi connectivity index (χ4n) is 1.08. The number of nitrogens with zero attached hydrogens (tertiary/aromatic N) is 1. The van der Waals surface area contributed by atoms with E-state index in [4.69, 9.17) is 9.84 Å². The molecule has 1 amide bonds. The summed E-state index contributed by atoms with van der Waals surface area (Å²) in [6.45, 7) is 9.13. The molecule has 0 aliphatic carbocycles. The maximum atomic E-state index is 11.4. The highest BCUT2D eigenvalue weighted by molar-refractivity contribution is 5.97. The summed E-state index contributed by atoms with van der Waals surface area (Å²) in [7, 11) is 0. The molecule has 0 atom stereocenters. The van der Waals surface area contributed by atoms with Crippen LogP contribution in [-0.4, -0.2) is 27.8 Å². The van der Waals surface area contributed by atoms with Crippen molar-refractivity contribution >= 4 is 17.9 Å². The van der Waals surface area contributed by atoms with Crippen LogP contribution < -0.4 is 5.32 Å². The second kappa shape index (κ2) is 7.35. The third-order valence-electron chi connectivity index (χ3n) is 1.66. The number of hydrogen-bond donors (Lipinski definition) is 2. The minimum Gasteiger partial charge on any atom is -0.478 e. The lowest BCUT2D eigenvalue weighted by Crippen LogP contribution is -2.28. The van der Waals surface area contributed by atoms with Gasteiger partial charge in [0.2, 0.25) is 0 Å². The van der Waals surface area contributed by atoms with E-state index in [-0.39, 0.29) is 11.4 Å². The van der Waals surface area contributed by atoms with Gasteiger partial charge in [-0.15, -0.1) is 0 Å². The number of rotatable bonds is 2. The van der Waals surface area contributed by atoms with Crippen LogP contribution in [0.4, 0.5) is 10.6 Å². The molecule has 106 valence electrons. The van der Waals surface area contributed by atoms with Gasteiger partial charge in [0.1, 0.15) is 17.0 Å². The van der Waals surface area contributed by atoms with Gasteiger partial charge < -0.3 is 9.84 Å². The number of nitrogens with one attached hydrogen (secondary N) is 1. The predicted molar refractivity (Wildman–Crippen MR) is 72.4 cm³/mol. The average Bonchev–Trinajstić information content (AvgIpc) is 2.29. The number of carboxylic acids is 1. The molecule has 0 spiro atoms. The van der Waals surface area contributed by atoms with Crippen LogP contribution in [0.25, 0.3) is 0 Å². The van der Waals surface area contributed by atoms with Gasteiger partial charge in [0.15, 0.2) is 0 Å². The number of carbonyl (C=O) groups excluding carboxylic acids is 1. The van der Waals surface area contributed by atoms with Crippen molar-refractivity contribution in [1.82, 2.24) is 4.98 Å². The summed E-state index contributed by atoms with van der Waals surface area (Å²) in [5.41, 5.74) is -0.735. The predicted octanol–water partition coefficient (Wildman–Crippen LogP) is 3.15. The molecule has 0 aromatic carbocycles. The molecule has 0 saturated carbocycles. The first-order valence-corrected chi connectivity index (χ1v) is 5.98. The van der Waals surface area contributed by atoms with E-state index in [9.17, 15) is 9.59 Å². The van der Waals surface area contributed by atoms with E-state index in [1.165, 1.54) is 18.3 Å². The summed E-state index contributed by atoms with van der Waals surface area (Å²) in [6, 6.07) is 2.83. The van der Waals surface area contributed by atoms with Crippen molar-refractivity contribution in [1.29, 1.82) is 0 Å². The van der Waals surface area contributed by atoms with Gasteiger partial charge in [0.05, 0.1) is 0 Å². The topological polar surface area (TPSA) is 88.5 Å². The smallest absolute Gasteiger partial charge is 0.413 e. The lowest BCUT2D eigenvalue weighted by molar-refractivity contribution is 0.0635. The Bertz CT molecular complexity index is 439. The van der Waals surface area contributed by atoms with E-state index >= 15 is 0 Å². The van der Waals surface area contributed by atoms with Gasteiger partial charge in [-0.2, -0.15) is 0 Å². The lowest BCUT2D eigenvalue weighted by atomic mass is 10.2. The van der Waals surface area contributed by atoms with Gasteiger partial charge in [-0.1, -0.05) is 13.8 Å². The van der Waals surface area contributed by atoms with Crippen molar-refractivity contribution in [2.24, 2.45) is 0 Å². The van der Waals surface area contributed by atoms with Crippen LogP contribution >= 0.6 is 0 Å². The van der Waals surface area contributed by atoms with E-state index in [0.717, 1.165) is 0 Å². The van der Waals surface area contributed by atoms with Crippen molar-refractivity contribution in [2.75, 3.05) is 5.32 Å². The molecule has 0 saturated heterocycles. The molecule has 0 aliphatic rings. The summed E-state index contributed by atoms with van der Waals surface area (Å²) in [4.78, 5) is 26.1. The minimum absolute atomic E-state index is 0.0331. The number of carboxylic acid groups (broad SMARTS) is 1. The molecule has 1 aromatic rings. The van der Waals surface area contributed by atoms with Crippen LogP contribution in [-0.2, 0) is 4.74 Å². The van der Waals surface area contributed by atoms with Crippen molar-refractivity contribution in [2.45, 2.75) is 40.2 Å². The third-order valence-corrected chi connectivity index (χ3v) is 1.66. The Hall–Kier alpha value is -2.11. The fraction of sp³-hybridized carbons (Fsp3) is 0.462. The molecule has 1 rings (SSSR count).